The highest BCUT2D eigenvalue weighted by Crippen LogP contribution is 2.20. The quantitative estimate of drug-likeness (QED) is 0.877. The van der Waals surface area contributed by atoms with Crippen LogP contribution in [0.3, 0.4) is 0 Å². The molecule has 0 aliphatic carbocycles. The smallest absolute Gasteiger partial charge is 0.259 e. The minimum Gasteiger partial charge on any atom is -0.326 e. The van der Waals surface area contributed by atoms with Crippen LogP contribution in [0.25, 0.3) is 23.5 Å². The van der Waals surface area contributed by atoms with E-state index in [9.17, 15) is 4.79 Å². The molecule has 2 rings (SSSR count). The van der Waals surface area contributed by atoms with E-state index in [1.807, 2.05) is 24.3 Å². The topological polar surface area (TPSA) is 71.8 Å². The molecule has 0 aliphatic heterocycles. The minimum atomic E-state index is -0.235. The maximum atomic E-state index is 12.0. The summed E-state index contributed by atoms with van der Waals surface area (Å²) < 4.78 is 0. The predicted molar refractivity (Wildman–Crippen MR) is 78.4 cm³/mol. The van der Waals surface area contributed by atoms with E-state index in [2.05, 4.69) is 23.1 Å². The van der Waals surface area contributed by atoms with E-state index in [0.29, 0.717) is 23.6 Å². The maximum absolute atomic E-state index is 12.0. The number of nitrogens with zero attached hydrogens (tertiary/aromatic N) is 1. The molecule has 1 aromatic carbocycles. The van der Waals surface area contributed by atoms with E-state index >= 15 is 0 Å². The lowest BCUT2D eigenvalue weighted by Crippen LogP contribution is -2.15. The Balaban J connectivity index is 2.70. The standard InChI is InChI=1S/C15H15N3O/c1-3-11-13(4-2)17-14(18-15(11)19)12-8-6-5-7-10(12)9-16/h3-8H,1-2,9,16H2,(H,17,18,19). The van der Waals surface area contributed by atoms with Gasteiger partial charge in [-0.05, 0) is 11.6 Å². The molecule has 2 aromatic rings. The van der Waals surface area contributed by atoms with Crippen molar-refractivity contribution in [2.75, 3.05) is 0 Å². The predicted octanol–water partition coefficient (Wildman–Crippen LogP) is 2.18. The summed E-state index contributed by atoms with van der Waals surface area (Å²) in [5, 5.41) is 0. The molecule has 0 radical (unpaired) electrons. The third-order valence-electron chi connectivity index (χ3n) is 2.87. The van der Waals surface area contributed by atoms with Gasteiger partial charge in [-0.15, -0.1) is 0 Å². The lowest BCUT2D eigenvalue weighted by Gasteiger charge is -2.08. The summed E-state index contributed by atoms with van der Waals surface area (Å²) in [7, 11) is 0. The zero-order valence-electron chi connectivity index (χ0n) is 10.5. The molecule has 1 aromatic heterocycles. The first-order valence-electron chi connectivity index (χ1n) is 5.88. The van der Waals surface area contributed by atoms with Crippen molar-refractivity contribution in [2.24, 2.45) is 5.73 Å². The lowest BCUT2D eigenvalue weighted by molar-refractivity contribution is 1.05. The number of H-pyrrole nitrogens is 1. The molecule has 0 bridgehead atoms. The molecule has 4 nitrogen and oxygen atoms in total. The Morgan fingerprint density at radius 1 is 1.26 bits per heavy atom. The fourth-order valence-corrected chi connectivity index (χ4v) is 1.91. The number of hydrogen-bond acceptors (Lipinski definition) is 3. The molecule has 0 spiro atoms. The monoisotopic (exact) mass is 253 g/mol. The molecule has 19 heavy (non-hydrogen) atoms. The van der Waals surface area contributed by atoms with Crippen molar-refractivity contribution >= 4 is 12.2 Å². The first-order valence-corrected chi connectivity index (χ1v) is 5.88. The van der Waals surface area contributed by atoms with E-state index < -0.39 is 0 Å². The Morgan fingerprint density at radius 2 is 2.00 bits per heavy atom. The van der Waals surface area contributed by atoms with Crippen LogP contribution in [0.2, 0.25) is 0 Å². The van der Waals surface area contributed by atoms with Gasteiger partial charge < -0.3 is 10.7 Å². The van der Waals surface area contributed by atoms with Crippen molar-refractivity contribution in [2.45, 2.75) is 6.54 Å². The van der Waals surface area contributed by atoms with Crippen LogP contribution >= 0.6 is 0 Å². The van der Waals surface area contributed by atoms with Crippen LogP contribution in [0, 0.1) is 0 Å². The molecule has 0 saturated heterocycles. The third kappa shape index (κ3) is 2.39. The van der Waals surface area contributed by atoms with Gasteiger partial charge in [-0.25, -0.2) is 4.98 Å². The summed E-state index contributed by atoms with van der Waals surface area (Å²) in [5.74, 6) is 0.492. The molecule has 0 aliphatic rings. The second-order valence-corrected chi connectivity index (χ2v) is 3.98. The lowest BCUT2D eigenvalue weighted by atomic mass is 10.1. The van der Waals surface area contributed by atoms with Crippen LogP contribution < -0.4 is 11.3 Å². The van der Waals surface area contributed by atoms with E-state index in [-0.39, 0.29) is 5.56 Å². The number of benzene rings is 1. The molecule has 96 valence electrons. The summed E-state index contributed by atoms with van der Waals surface area (Å²) in [6.45, 7) is 7.66. The van der Waals surface area contributed by atoms with Gasteiger partial charge in [0.25, 0.3) is 5.56 Å². The number of aromatic amines is 1. The summed E-state index contributed by atoms with van der Waals surface area (Å²) in [5.41, 5.74) is 8.14. The number of nitrogens with two attached hydrogens (primary N) is 1. The Hall–Kier alpha value is -2.46. The van der Waals surface area contributed by atoms with Gasteiger partial charge in [-0.3, -0.25) is 4.79 Å². The summed E-state index contributed by atoms with van der Waals surface area (Å²) in [6, 6.07) is 7.56. The molecule has 0 saturated carbocycles. The van der Waals surface area contributed by atoms with Gasteiger partial charge in [0, 0.05) is 12.1 Å². The van der Waals surface area contributed by atoms with Gasteiger partial charge in [-0.1, -0.05) is 43.5 Å². The van der Waals surface area contributed by atoms with Gasteiger partial charge in [0.2, 0.25) is 0 Å². The number of nitrogens with one attached hydrogen (secondary N) is 1. The molecule has 1 heterocycles. The van der Waals surface area contributed by atoms with E-state index in [1.165, 1.54) is 6.08 Å². The number of rotatable bonds is 4. The summed E-state index contributed by atoms with van der Waals surface area (Å²) in [4.78, 5) is 19.1. The van der Waals surface area contributed by atoms with Crippen LogP contribution in [0.4, 0.5) is 0 Å². The van der Waals surface area contributed by atoms with Gasteiger partial charge in [0.05, 0.1) is 11.3 Å². The van der Waals surface area contributed by atoms with Gasteiger partial charge >= 0.3 is 0 Å². The molecule has 0 amide bonds. The Morgan fingerprint density at radius 3 is 2.63 bits per heavy atom. The van der Waals surface area contributed by atoms with Crippen molar-refractivity contribution in [3.05, 3.63) is 64.6 Å². The zero-order valence-corrected chi connectivity index (χ0v) is 10.5. The minimum absolute atomic E-state index is 0.235. The van der Waals surface area contributed by atoms with Crippen LogP contribution in [0.15, 0.2) is 42.2 Å². The molecular formula is C15H15N3O. The van der Waals surface area contributed by atoms with Gasteiger partial charge in [-0.2, -0.15) is 0 Å². The van der Waals surface area contributed by atoms with Crippen molar-refractivity contribution < 1.29 is 0 Å². The first-order chi connectivity index (χ1) is 9.21. The van der Waals surface area contributed by atoms with E-state index in [4.69, 9.17) is 5.73 Å². The Labute approximate surface area is 111 Å². The average Bonchev–Trinajstić information content (AvgIpc) is 2.46. The van der Waals surface area contributed by atoms with Gasteiger partial charge in [0.15, 0.2) is 0 Å². The number of hydrogen-bond donors (Lipinski definition) is 2. The van der Waals surface area contributed by atoms with Crippen LogP contribution in [-0.2, 0) is 6.54 Å². The maximum Gasteiger partial charge on any atom is 0.259 e. The largest absolute Gasteiger partial charge is 0.326 e. The first kappa shape index (κ1) is 13.0. The van der Waals surface area contributed by atoms with Crippen molar-refractivity contribution in [1.29, 1.82) is 0 Å². The Kier molecular flexibility index (Phi) is 3.73. The molecule has 0 fully saturated rings. The highest BCUT2D eigenvalue weighted by molar-refractivity contribution is 5.65. The summed E-state index contributed by atoms with van der Waals surface area (Å²) >= 11 is 0. The molecule has 0 atom stereocenters. The normalized spacial score (nSPS) is 10.2. The van der Waals surface area contributed by atoms with Crippen LogP contribution in [0.5, 0.6) is 0 Å². The third-order valence-corrected chi connectivity index (χ3v) is 2.87. The van der Waals surface area contributed by atoms with Crippen molar-refractivity contribution in [1.82, 2.24) is 9.97 Å². The van der Waals surface area contributed by atoms with Crippen molar-refractivity contribution in [3.8, 4) is 11.4 Å². The second-order valence-electron chi connectivity index (χ2n) is 3.98. The second kappa shape index (κ2) is 5.46. The van der Waals surface area contributed by atoms with Gasteiger partial charge in [0.1, 0.15) is 5.82 Å². The molecule has 0 unspecified atom stereocenters. The van der Waals surface area contributed by atoms with Crippen LogP contribution in [-0.4, -0.2) is 9.97 Å². The SMILES string of the molecule is C=Cc1nc(-c2ccccc2CN)[nH]c(=O)c1C=C. The Bertz CT molecular complexity index is 686. The van der Waals surface area contributed by atoms with E-state index in [0.717, 1.165) is 11.1 Å². The van der Waals surface area contributed by atoms with E-state index in [1.54, 1.807) is 6.08 Å². The highest BCUT2D eigenvalue weighted by Gasteiger charge is 2.10. The summed E-state index contributed by atoms with van der Waals surface area (Å²) in [6.07, 6.45) is 3.02. The van der Waals surface area contributed by atoms with Crippen LogP contribution in [0.1, 0.15) is 16.8 Å². The van der Waals surface area contributed by atoms with Crippen molar-refractivity contribution in [3.63, 3.8) is 0 Å². The zero-order chi connectivity index (χ0) is 13.8. The number of aromatic nitrogens is 2. The molecular weight excluding hydrogens is 238 g/mol. The average molecular weight is 253 g/mol. The fraction of sp³-hybridized carbons (Fsp3) is 0.0667. The highest BCUT2D eigenvalue weighted by atomic mass is 16.1. The molecule has 3 N–H and O–H groups in total. The molecule has 4 heteroatoms. The fourth-order valence-electron chi connectivity index (χ4n) is 1.91.